The number of carbonyl (C=O) groups is 2. The van der Waals surface area contributed by atoms with E-state index in [9.17, 15) is 33.0 Å². The molecule has 0 amide bonds. The molecule has 0 saturated carbocycles. The van der Waals surface area contributed by atoms with Crippen molar-refractivity contribution in [3.8, 4) is 11.8 Å². The highest BCUT2D eigenvalue weighted by molar-refractivity contribution is 7.86. The van der Waals surface area contributed by atoms with Crippen LogP contribution >= 0.6 is 0 Å². The van der Waals surface area contributed by atoms with Crippen molar-refractivity contribution in [2.24, 2.45) is 16.3 Å². The Hall–Kier alpha value is -3.31. The number of aromatic hydroxyl groups is 2. The Labute approximate surface area is 215 Å². The van der Waals surface area contributed by atoms with Crippen LogP contribution in [0, 0.1) is 11.3 Å². The Morgan fingerprint density at radius 1 is 1.19 bits per heavy atom. The molecule has 2 N–H and O–H groups in total. The molecule has 3 rings (SSSR count). The third-order valence-corrected chi connectivity index (χ3v) is 8.05. The summed E-state index contributed by atoms with van der Waals surface area (Å²) >= 11 is 0. The van der Waals surface area contributed by atoms with Gasteiger partial charge in [-0.05, 0) is 32.6 Å². The standard InChI is InChI=1S/C24H32N2O10S/c1-4-24(3,13-15(2)22(30)34-10-8-25-14-27)23(31)35-9-5-11-37(32,33)36-26-20(28)18-16-6-7-17(12-16)19(18)21(26)29/h6-7,15-17,28-29H,4-5,8-13H2,1-3H3. The molecule has 13 heteroatoms. The summed E-state index contributed by atoms with van der Waals surface area (Å²) in [6, 6.07) is 0. The first-order chi connectivity index (χ1) is 17.4. The highest BCUT2D eigenvalue weighted by Crippen LogP contribution is 2.56. The smallest absolute Gasteiger partial charge is 0.327 e. The predicted octanol–water partition coefficient (Wildman–Crippen LogP) is 2.05. The van der Waals surface area contributed by atoms with Crippen LogP contribution in [0.5, 0.6) is 11.8 Å². The molecular weight excluding hydrogens is 508 g/mol. The van der Waals surface area contributed by atoms with Gasteiger partial charge in [-0.15, -0.1) is 0 Å². The van der Waals surface area contributed by atoms with Gasteiger partial charge in [-0.25, -0.2) is 9.79 Å². The number of fused-ring (bicyclic) bond motifs is 5. The molecule has 2 aliphatic carbocycles. The predicted molar refractivity (Wildman–Crippen MR) is 129 cm³/mol. The molecule has 0 spiro atoms. The van der Waals surface area contributed by atoms with Gasteiger partial charge in [0, 0.05) is 23.0 Å². The number of allylic oxidation sites excluding steroid dienone is 2. The van der Waals surface area contributed by atoms with Gasteiger partial charge < -0.3 is 19.7 Å². The van der Waals surface area contributed by atoms with Crippen LogP contribution in [0.2, 0.25) is 0 Å². The van der Waals surface area contributed by atoms with E-state index in [1.54, 1.807) is 20.8 Å². The van der Waals surface area contributed by atoms with Crippen molar-refractivity contribution in [3.05, 3.63) is 23.3 Å². The lowest BCUT2D eigenvalue weighted by Gasteiger charge is -2.28. The van der Waals surface area contributed by atoms with Gasteiger partial charge in [-0.2, -0.15) is 8.42 Å². The van der Waals surface area contributed by atoms with Crippen molar-refractivity contribution in [2.75, 3.05) is 25.5 Å². The van der Waals surface area contributed by atoms with E-state index in [0.717, 1.165) is 6.42 Å². The van der Waals surface area contributed by atoms with E-state index < -0.39 is 50.9 Å². The second kappa shape index (κ2) is 11.4. The summed E-state index contributed by atoms with van der Waals surface area (Å²) in [5.74, 6) is -3.34. The van der Waals surface area contributed by atoms with Crippen molar-refractivity contribution < 1.29 is 46.8 Å². The van der Waals surface area contributed by atoms with Gasteiger partial charge in [0.2, 0.25) is 17.8 Å². The maximum Gasteiger partial charge on any atom is 0.327 e. The summed E-state index contributed by atoms with van der Waals surface area (Å²) in [5, 5.41) is 20.8. The molecule has 37 heavy (non-hydrogen) atoms. The minimum absolute atomic E-state index is 0.00576. The zero-order valence-electron chi connectivity index (χ0n) is 21.0. The van der Waals surface area contributed by atoms with E-state index in [2.05, 4.69) is 4.99 Å². The molecule has 0 radical (unpaired) electrons. The maximum absolute atomic E-state index is 12.7. The Bertz CT molecular complexity index is 1180. The van der Waals surface area contributed by atoms with Crippen molar-refractivity contribution >= 4 is 28.1 Å². The largest absolute Gasteiger partial charge is 0.492 e. The van der Waals surface area contributed by atoms with Gasteiger partial charge in [-0.3, -0.25) is 13.9 Å². The summed E-state index contributed by atoms with van der Waals surface area (Å²) in [7, 11) is -4.23. The van der Waals surface area contributed by atoms with Crippen LogP contribution in [0.3, 0.4) is 0 Å². The minimum Gasteiger partial charge on any atom is -0.492 e. The molecule has 1 aromatic heterocycles. The van der Waals surface area contributed by atoms with Crippen LogP contribution in [-0.4, -0.2) is 66.9 Å². The fourth-order valence-corrected chi connectivity index (χ4v) is 5.64. The highest BCUT2D eigenvalue weighted by atomic mass is 32.2. The first kappa shape index (κ1) is 28.3. The van der Waals surface area contributed by atoms with Gasteiger partial charge >= 0.3 is 22.1 Å². The summed E-state index contributed by atoms with van der Waals surface area (Å²) in [4.78, 5) is 38.2. The Balaban J connectivity index is 1.48. The second-order valence-corrected chi connectivity index (χ2v) is 11.3. The van der Waals surface area contributed by atoms with Crippen molar-refractivity contribution in [3.63, 3.8) is 0 Å². The third-order valence-electron chi connectivity index (χ3n) is 6.89. The number of hydrogen-bond acceptors (Lipinski definition) is 11. The van der Waals surface area contributed by atoms with Gasteiger partial charge in [0.1, 0.15) is 6.61 Å². The number of ether oxygens (including phenoxy) is 2. The molecule has 12 nitrogen and oxygen atoms in total. The number of isocyanates is 1. The molecule has 0 aliphatic heterocycles. The quantitative estimate of drug-likeness (QED) is 0.117. The Morgan fingerprint density at radius 2 is 1.81 bits per heavy atom. The number of aliphatic imine (C=N–C) groups is 1. The third kappa shape index (κ3) is 6.16. The summed E-state index contributed by atoms with van der Waals surface area (Å²) < 4.78 is 40.7. The summed E-state index contributed by atoms with van der Waals surface area (Å²) in [6.45, 7) is 4.75. The van der Waals surface area contributed by atoms with Gasteiger partial charge in [-0.1, -0.05) is 30.7 Å². The van der Waals surface area contributed by atoms with E-state index in [0.29, 0.717) is 22.3 Å². The average Bonchev–Trinajstić information content (AvgIpc) is 3.54. The lowest BCUT2D eigenvalue weighted by molar-refractivity contribution is -0.158. The molecule has 1 aromatic rings. The highest BCUT2D eigenvalue weighted by Gasteiger charge is 2.42. The Kier molecular flexibility index (Phi) is 8.70. The van der Waals surface area contributed by atoms with E-state index in [4.69, 9.17) is 13.8 Å². The van der Waals surface area contributed by atoms with Crippen molar-refractivity contribution in [1.82, 2.24) is 4.73 Å². The van der Waals surface area contributed by atoms with Gasteiger partial charge in [0.15, 0.2) is 0 Å². The first-order valence-electron chi connectivity index (χ1n) is 12.1. The van der Waals surface area contributed by atoms with Gasteiger partial charge in [0.05, 0.1) is 30.2 Å². The normalized spacial score (nSPS) is 20.0. The fraction of sp³-hybridized carbons (Fsp3) is 0.625. The number of esters is 2. The maximum atomic E-state index is 12.7. The van der Waals surface area contributed by atoms with E-state index in [1.807, 2.05) is 12.2 Å². The first-order valence-corrected chi connectivity index (χ1v) is 13.7. The van der Waals surface area contributed by atoms with Crippen molar-refractivity contribution in [1.29, 1.82) is 0 Å². The second-order valence-electron chi connectivity index (χ2n) is 9.59. The summed E-state index contributed by atoms with van der Waals surface area (Å²) in [5.41, 5.74) is -0.0630. The molecule has 1 heterocycles. The molecular formula is C24H32N2O10S. The molecule has 4 unspecified atom stereocenters. The fourth-order valence-electron chi connectivity index (χ4n) is 4.73. The number of carbonyl (C=O) groups excluding carboxylic acids is 3. The lowest BCUT2D eigenvalue weighted by Crippen LogP contribution is -2.34. The van der Waals surface area contributed by atoms with E-state index in [1.165, 1.54) is 6.08 Å². The van der Waals surface area contributed by atoms with E-state index in [-0.39, 0.29) is 44.4 Å². The number of aromatic nitrogens is 1. The number of nitrogens with zero attached hydrogens (tertiary/aromatic N) is 2. The summed E-state index contributed by atoms with van der Waals surface area (Å²) in [6.07, 6.45) is 6.30. The van der Waals surface area contributed by atoms with Crippen LogP contribution in [0.4, 0.5) is 0 Å². The van der Waals surface area contributed by atoms with E-state index >= 15 is 0 Å². The van der Waals surface area contributed by atoms with Gasteiger partial charge in [0.25, 0.3) is 0 Å². The molecule has 0 aromatic carbocycles. The van der Waals surface area contributed by atoms with Crippen LogP contribution in [-0.2, 0) is 34.0 Å². The zero-order chi connectivity index (χ0) is 27.4. The monoisotopic (exact) mass is 540 g/mol. The molecule has 204 valence electrons. The molecule has 0 saturated heterocycles. The average molecular weight is 541 g/mol. The minimum atomic E-state index is -4.23. The van der Waals surface area contributed by atoms with Crippen LogP contribution in [0.25, 0.3) is 0 Å². The topological polar surface area (TPSA) is 171 Å². The molecule has 4 atom stereocenters. The lowest BCUT2D eigenvalue weighted by atomic mass is 9.79. The number of hydrogen-bond donors (Lipinski definition) is 2. The SMILES string of the molecule is CCC(C)(CC(C)C(=O)OCCN=C=O)C(=O)OCCCS(=O)(=O)On1c(O)c2c(c1O)C1C=CC2C1. The Morgan fingerprint density at radius 3 is 2.38 bits per heavy atom. The molecule has 2 bridgehead atoms. The molecule has 2 aliphatic rings. The van der Waals surface area contributed by atoms with Crippen LogP contribution < -0.4 is 4.28 Å². The van der Waals surface area contributed by atoms with Crippen LogP contribution in [0.15, 0.2) is 17.1 Å². The van der Waals surface area contributed by atoms with Crippen LogP contribution in [0.1, 0.15) is 69.4 Å². The molecule has 0 fully saturated rings. The number of rotatable bonds is 14. The van der Waals surface area contributed by atoms with Crippen molar-refractivity contribution in [2.45, 2.75) is 58.3 Å². The zero-order valence-corrected chi connectivity index (χ0v) is 21.8.